The smallest absolute Gasteiger partial charge is 0.106 e. The van der Waals surface area contributed by atoms with Gasteiger partial charge in [0.05, 0.1) is 6.61 Å². The fraction of sp³-hybridized carbons (Fsp3) is 0.417. The average Bonchev–Trinajstić information content (AvgIpc) is 2.30. The van der Waals surface area contributed by atoms with E-state index in [1.54, 1.807) is 0 Å². The summed E-state index contributed by atoms with van der Waals surface area (Å²) in [6.45, 7) is 1.60. The fourth-order valence-corrected chi connectivity index (χ4v) is 2.46. The van der Waals surface area contributed by atoms with Crippen LogP contribution in [0.4, 0.5) is 5.69 Å². The number of benzene rings is 1. The Morgan fingerprint density at radius 1 is 1.53 bits per heavy atom. The summed E-state index contributed by atoms with van der Waals surface area (Å²) in [5.74, 6) is 0. The van der Waals surface area contributed by atoms with Gasteiger partial charge in [-0.15, -0.1) is 0 Å². The summed E-state index contributed by atoms with van der Waals surface area (Å²) in [5.41, 5.74) is 7.57. The number of anilines is 1. The van der Waals surface area contributed by atoms with Crippen molar-refractivity contribution in [2.75, 3.05) is 18.5 Å². The van der Waals surface area contributed by atoms with Crippen molar-refractivity contribution >= 4 is 38.8 Å². The number of ether oxygens (including phenoxy) is 1. The van der Waals surface area contributed by atoms with Gasteiger partial charge in [-0.25, -0.2) is 0 Å². The normalized spacial score (nSPS) is 19.9. The molecule has 1 aliphatic rings. The van der Waals surface area contributed by atoms with E-state index in [1.807, 2.05) is 18.2 Å². The first-order valence-corrected chi connectivity index (χ1v) is 6.80. The van der Waals surface area contributed by atoms with E-state index in [0.717, 1.165) is 41.8 Å². The molecule has 1 unspecified atom stereocenters. The van der Waals surface area contributed by atoms with Gasteiger partial charge in [0, 0.05) is 28.4 Å². The van der Waals surface area contributed by atoms with Gasteiger partial charge in [-0.1, -0.05) is 28.1 Å². The fourth-order valence-electron chi connectivity index (χ4n) is 1.93. The summed E-state index contributed by atoms with van der Waals surface area (Å²) in [6.07, 6.45) is 2.21. The molecule has 0 radical (unpaired) electrons. The lowest BCUT2D eigenvalue weighted by atomic mass is 10.1. The molecule has 0 aromatic heterocycles. The number of nitrogens with two attached hydrogens (primary N) is 1. The van der Waals surface area contributed by atoms with E-state index in [0.29, 0.717) is 11.0 Å². The summed E-state index contributed by atoms with van der Waals surface area (Å²) >= 11 is 8.51. The highest BCUT2D eigenvalue weighted by Gasteiger charge is 2.15. The number of halogens is 1. The molecular weight excluding hydrogens is 300 g/mol. The highest BCUT2D eigenvalue weighted by atomic mass is 79.9. The van der Waals surface area contributed by atoms with Crippen LogP contribution < -0.4 is 11.1 Å². The Kier molecular flexibility index (Phi) is 4.36. The van der Waals surface area contributed by atoms with E-state index in [9.17, 15) is 0 Å². The highest BCUT2D eigenvalue weighted by Crippen LogP contribution is 2.23. The minimum Gasteiger partial charge on any atom is -0.389 e. The molecule has 1 aliphatic heterocycles. The Labute approximate surface area is 115 Å². The van der Waals surface area contributed by atoms with E-state index < -0.39 is 0 Å². The summed E-state index contributed by atoms with van der Waals surface area (Å²) in [7, 11) is 0. The van der Waals surface area contributed by atoms with Crippen molar-refractivity contribution in [1.82, 2.24) is 0 Å². The first kappa shape index (κ1) is 12.8. The van der Waals surface area contributed by atoms with E-state index in [1.165, 1.54) is 0 Å². The van der Waals surface area contributed by atoms with Gasteiger partial charge in [0.25, 0.3) is 0 Å². The maximum absolute atomic E-state index is 5.71. The van der Waals surface area contributed by atoms with Gasteiger partial charge in [0.1, 0.15) is 4.99 Å². The van der Waals surface area contributed by atoms with Gasteiger partial charge in [-0.05, 0) is 31.0 Å². The Hall–Kier alpha value is -0.650. The first-order chi connectivity index (χ1) is 8.16. The number of hydrogen-bond donors (Lipinski definition) is 2. The van der Waals surface area contributed by atoms with Crippen molar-refractivity contribution in [2.45, 2.75) is 18.9 Å². The van der Waals surface area contributed by atoms with Gasteiger partial charge < -0.3 is 15.8 Å². The molecule has 1 aromatic carbocycles. The van der Waals surface area contributed by atoms with Crippen LogP contribution in [0.2, 0.25) is 0 Å². The molecule has 0 spiro atoms. The molecule has 0 saturated carbocycles. The topological polar surface area (TPSA) is 47.3 Å². The zero-order valence-electron chi connectivity index (χ0n) is 9.41. The molecule has 0 aliphatic carbocycles. The maximum atomic E-state index is 5.71. The average molecular weight is 315 g/mol. The first-order valence-electron chi connectivity index (χ1n) is 5.60. The largest absolute Gasteiger partial charge is 0.389 e. The third-order valence-electron chi connectivity index (χ3n) is 2.77. The second-order valence-corrected chi connectivity index (χ2v) is 5.47. The molecule has 1 aromatic rings. The molecule has 0 bridgehead atoms. The zero-order valence-corrected chi connectivity index (χ0v) is 11.8. The zero-order chi connectivity index (χ0) is 12.3. The standard InChI is InChI=1S/C12H15BrN2OS/c13-8-3-4-10(12(14)17)11(6-8)15-9-2-1-5-16-7-9/h3-4,6,9,15H,1-2,5,7H2,(H2,14,17). The number of thiocarbonyl (C=S) groups is 1. The molecule has 0 amide bonds. The maximum Gasteiger partial charge on any atom is 0.106 e. The molecule has 3 nitrogen and oxygen atoms in total. The van der Waals surface area contributed by atoms with E-state index in [-0.39, 0.29) is 0 Å². The van der Waals surface area contributed by atoms with Crippen molar-refractivity contribution < 1.29 is 4.74 Å². The van der Waals surface area contributed by atoms with E-state index >= 15 is 0 Å². The van der Waals surface area contributed by atoms with Gasteiger partial charge in [0.15, 0.2) is 0 Å². The van der Waals surface area contributed by atoms with Crippen LogP contribution in [0.3, 0.4) is 0 Å². The second kappa shape index (κ2) is 5.80. The SMILES string of the molecule is NC(=S)c1ccc(Br)cc1NC1CCCOC1. The monoisotopic (exact) mass is 314 g/mol. The third-order valence-corrected chi connectivity index (χ3v) is 3.48. The van der Waals surface area contributed by atoms with Crippen LogP contribution in [-0.4, -0.2) is 24.2 Å². The molecule has 17 heavy (non-hydrogen) atoms. The molecular formula is C12H15BrN2OS. The predicted molar refractivity (Wildman–Crippen MR) is 77.5 cm³/mol. The van der Waals surface area contributed by atoms with E-state index in [4.69, 9.17) is 22.7 Å². The lowest BCUT2D eigenvalue weighted by Crippen LogP contribution is -2.31. The minimum atomic E-state index is 0.339. The molecule has 92 valence electrons. The van der Waals surface area contributed by atoms with Crippen molar-refractivity contribution in [3.8, 4) is 0 Å². The second-order valence-electron chi connectivity index (χ2n) is 4.11. The van der Waals surface area contributed by atoms with Crippen LogP contribution in [0.1, 0.15) is 18.4 Å². The third kappa shape index (κ3) is 3.40. The number of nitrogens with one attached hydrogen (secondary N) is 1. The molecule has 3 N–H and O–H groups in total. The Balaban J connectivity index is 2.17. The van der Waals surface area contributed by atoms with E-state index in [2.05, 4.69) is 21.2 Å². The van der Waals surface area contributed by atoms with Crippen LogP contribution in [0, 0.1) is 0 Å². The van der Waals surface area contributed by atoms with Crippen molar-refractivity contribution in [1.29, 1.82) is 0 Å². The van der Waals surface area contributed by atoms with Gasteiger partial charge in [0.2, 0.25) is 0 Å². The molecule has 1 atom stereocenters. The Morgan fingerprint density at radius 3 is 3.00 bits per heavy atom. The van der Waals surface area contributed by atoms with Crippen LogP contribution >= 0.6 is 28.1 Å². The molecule has 5 heteroatoms. The van der Waals surface area contributed by atoms with Gasteiger partial charge in [-0.3, -0.25) is 0 Å². The van der Waals surface area contributed by atoms with Crippen LogP contribution in [0.25, 0.3) is 0 Å². The van der Waals surface area contributed by atoms with Crippen LogP contribution in [0.15, 0.2) is 22.7 Å². The molecule has 1 fully saturated rings. The highest BCUT2D eigenvalue weighted by molar-refractivity contribution is 9.10. The summed E-state index contributed by atoms with van der Waals surface area (Å²) in [6, 6.07) is 6.21. The van der Waals surface area contributed by atoms with Crippen molar-refractivity contribution in [3.63, 3.8) is 0 Å². The van der Waals surface area contributed by atoms with Gasteiger partial charge >= 0.3 is 0 Å². The Morgan fingerprint density at radius 2 is 2.35 bits per heavy atom. The van der Waals surface area contributed by atoms with Crippen molar-refractivity contribution in [3.05, 3.63) is 28.2 Å². The summed E-state index contributed by atoms with van der Waals surface area (Å²) in [5, 5.41) is 3.45. The quantitative estimate of drug-likeness (QED) is 0.842. The van der Waals surface area contributed by atoms with Crippen molar-refractivity contribution in [2.24, 2.45) is 5.73 Å². The summed E-state index contributed by atoms with van der Waals surface area (Å²) in [4.78, 5) is 0.414. The Bertz CT molecular complexity index is 419. The number of rotatable bonds is 3. The lowest BCUT2D eigenvalue weighted by Gasteiger charge is -2.25. The van der Waals surface area contributed by atoms with Gasteiger partial charge in [-0.2, -0.15) is 0 Å². The molecule has 1 saturated heterocycles. The molecule has 2 rings (SSSR count). The minimum absolute atomic E-state index is 0.339. The lowest BCUT2D eigenvalue weighted by molar-refractivity contribution is 0.0876. The van der Waals surface area contributed by atoms with Crippen LogP contribution in [0.5, 0.6) is 0 Å². The molecule has 1 heterocycles. The summed E-state index contributed by atoms with van der Waals surface area (Å²) < 4.78 is 6.46. The predicted octanol–water partition coefficient (Wildman–Crippen LogP) is 2.67. The van der Waals surface area contributed by atoms with Crippen LogP contribution in [-0.2, 0) is 4.74 Å². The number of hydrogen-bond acceptors (Lipinski definition) is 3.